The first-order valence-electron chi connectivity index (χ1n) is 6.40. The van der Waals surface area contributed by atoms with Crippen molar-refractivity contribution in [3.8, 4) is 0 Å². The van der Waals surface area contributed by atoms with Gasteiger partial charge in [0, 0.05) is 12.2 Å². The third kappa shape index (κ3) is 2.50. The predicted molar refractivity (Wildman–Crippen MR) is 75.0 cm³/mol. The smallest absolute Gasteiger partial charge is 0.270 e. The molecule has 2 heterocycles. The van der Waals surface area contributed by atoms with Crippen molar-refractivity contribution >= 4 is 17.8 Å². The molecule has 0 aliphatic heterocycles. The number of aryl methyl sites for hydroxylation is 1. The Hall–Kier alpha value is -2.17. The number of fused-ring (bicyclic) bond motifs is 1. The van der Waals surface area contributed by atoms with E-state index in [1.165, 1.54) is 4.40 Å². The molecule has 19 heavy (non-hydrogen) atoms. The molecule has 0 aromatic carbocycles. The SMILES string of the molecule is CCCCNc1nc2cccc(C)n2c(=O)c1C=O. The van der Waals surface area contributed by atoms with E-state index in [9.17, 15) is 9.59 Å². The molecule has 0 saturated heterocycles. The standard InChI is InChI=1S/C14H17N3O2/c1-3-4-8-15-13-11(9-18)14(19)17-10(2)6-5-7-12(17)16-13/h5-7,9,15H,3-4,8H2,1-2H3. The highest BCUT2D eigenvalue weighted by molar-refractivity contribution is 5.82. The van der Waals surface area contributed by atoms with E-state index in [0.29, 0.717) is 24.3 Å². The lowest BCUT2D eigenvalue weighted by Gasteiger charge is -2.10. The number of nitrogens with zero attached hydrogens (tertiary/aromatic N) is 2. The summed E-state index contributed by atoms with van der Waals surface area (Å²) in [5.74, 6) is 0.374. The number of carbonyl (C=O) groups excluding carboxylic acids is 1. The molecular weight excluding hydrogens is 242 g/mol. The van der Waals surface area contributed by atoms with Gasteiger partial charge in [0.2, 0.25) is 0 Å². The van der Waals surface area contributed by atoms with Crippen LogP contribution in [0.3, 0.4) is 0 Å². The second-order valence-corrected chi connectivity index (χ2v) is 4.44. The second kappa shape index (κ2) is 5.65. The van der Waals surface area contributed by atoms with Crippen LogP contribution in [0, 0.1) is 6.92 Å². The molecule has 0 unspecified atom stereocenters. The fourth-order valence-corrected chi connectivity index (χ4v) is 1.98. The first kappa shape index (κ1) is 13.3. The fourth-order valence-electron chi connectivity index (χ4n) is 1.98. The van der Waals surface area contributed by atoms with Gasteiger partial charge in [0.05, 0.1) is 0 Å². The molecule has 0 bridgehead atoms. The lowest BCUT2D eigenvalue weighted by Crippen LogP contribution is -2.24. The number of anilines is 1. The van der Waals surface area contributed by atoms with Crippen LogP contribution in [0.4, 0.5) is 5.82 Å². The summed E-state index contributed by atoms with van der Waals surface area (Å²) < 4.78 is 1.45. The van der Waals surface area contributed by atoms with Crippen molar-refractivity contribution in [1.29, 1.82) is 0 Å². The van der Waals surface area contributed by atoms with Gasteiger partial charge in [-0.2, -0.15) is 0 Å². The lowest BCUT2D eigenvalue weighted by molar-refractivity contribution is 0.112. The Labute approximate surface area is 111 Å². The van der Waals surface area contributed by atoms with E-state index in [-0.39, 0.29) is 11.1 Å². The zero-order valence-electron chi connectivity index (χ0n) is 11.1. The van der Waals surface area contributed by atoms with Crippen LogP contribution in [0.25, 0.3) is 5.65 Å². The summed E-state index contributed by atoms with van der Waals surface area (Å²) in [7, 11) is 0. The van der Waals surface area contributed by atoms with E-state index in [4.69, 9.17) is 0 Å². The molecule has 5 heteroatoms. The molecule has 0 atom stereocenters. The first-order valence-corrected chi connectivity index (χ1v) is 6.40. The highest BCUT2D eigenvalue weighted by Gasteiger charge is 2.12. The van der Waals surface area contributed by atoms with Crippen molar-refractivity contribution in [2.24, 2.45) is 0 Å². The van der Waals surface area contributed by atoms with Crippen molar-refractivity contribution in [2.45, 2.75) is 26.7 Å². The minimum Gasteiger partial charge on any atom is -0.369 e. The van der Waals surface area contributed by atoms with Gasteiger partial charge in [-0.15, -0.1) is 0 Å². The Morgan fingerprint density at radius 3 is 2.89 bits per heavy atom. The van der Waals surface area contributed by atoms with Crippen molar-refractivity contribution in [3.05, 3.63) is 39.8 Å². The summed E-state index contributed by atoms with van der Waals surface area (Å²) in [6.07, 6.45) is 2.57. The van der Waals surface area contributed by atoms with E-state index in [1.807, 2.05) is 19.1 Å². The third-order valence-corrected chi connectivity index (χ3v) is 3.02. The highest BCUT2D eigenvalue weighted by atomic mass is 16.1. The zero-order chi connectivity index (χ0) is 13.8. The Morgan fingerprint density at radius 2 is 2.21 bits per heavy atom. The minimum absolute atomic E-state index is 0.0860. The number of pyridine rings is 1. The van der Waals surface area contributed by atoms with Gasteiger partial charge in [-0.1, -0.05) is 19.4 Å². The van der Waals surface area contributed by atoms with Gasteiger partial charge >= 0.3 is 0 Å². The summed E-state index contributed by atoms with van der Waals surface area (Å²) in [5.41, 5.74) is 1.08. The number of carbonyl (C=O) groups is 1. The third-order valence-electron chi connectivity index (χ3n) is 3.02. The summed E-state index contributed by atoms with van der Waals surface area (Å²) in [6, 6.07) is 5.41. The minimum atomic E-state index is -0.322. The quantitative estimate of drug-likeness (QED) is 0.659. The van der Waals surface area contributed by atoms with Gasteiger partial charge in [0.25, 0.3) is 5.56 Å². The van der Waals surface area contributed by atoms with Crippen LogP contribution in [-0.2, 0) is 0 Å². The van der Waals surface area contributed by atoms with E-state index in [2.05, 4.69) is 17.2 Å². The molecule has 0 aliphatic rings. The monoisotopic (exact) mass is 259 g/mol. The van der Waals surface area contributed by atoms with Crippen LogP contribution in [0.2, 0.25) is 0 Å². The summed E-state index contributed by atoms with van der Waals surface area (Å²) in [4.78, 5) is 27.8. The van der Waals surface area contributed by atoms with Crippen LogP contribution in [0.5, 0.6) is 0 Å². The van der Waals surface area contributed by atoms with Gasteiger partial charge in [0.15, 0.2) is 6.29 Å². The first-order chi connectivity index (χ1) is 9.19. The number of hydrogen-bond donors (Lipinski definition) is 1. The largest absolute Gasteiger partial charge is 0.369 e. The molecule has 0 radical (unpaired) electrons. The Balaban J connectivity index is 2.59. The number of rotatable bonds is 5. The van der Waals surface area contributed by atoms with Crippen molar-refractivity contribution in [3.63, 3.8) is 0 Å². The predicted octanol–water partition coefficient (Wildman–Crippen LogP) is 2.03. The Kier molecular flexibility index (Phi) is 3.94. The maximum atomic E-state index is 12.3. The van der Waals surface area contributed by atoms with Crippen LogP contribution < -0.4 is 10.9 Å². The molecule has 0 fully saturated rings. The van der Waals surface area contributed by atoms with Crippen LogP contribution in [0.1, 0.15) is 35.8 Å². The number of aromatic nitrogens is 2. The average Bonchev–Trinajstić information content (AvgIpc) is 2.39. The van der Waals surface area contributed by atoms with Gasteiger partial charge in [0.1, 0.15) is 17.0 Å². The van der Waals surface area contributed by atoms with Crippen molar-refractivity contribution in [1.82, 2.24) is 9.38 Å². The van der Waals surface area contributed by atoms with E-state index in [1.54, 1.807) is 6.07 Å². The van der Waals surface area contributed by atoms with Gasteiger partial charge in [-0.3, -0.25) is 14.0 Å². The van der Waals surface area contributed by atoms with Crippen molar-refractivity contribution < 1.29 is 4.79 Å². The number of hydrogen-bond acceptors (Lipinski definition) is 4. The van der Waals surface area contributed by atoms with E-state index < -0.39 is 0 Å². The van der Waals surface area contributed by atoms with Crippen LogP contribution >= 0.6 is 0 Å². The van der Waals surface area contributed by atoms with E-state index >= 15 is 0 Å². The number of nitrogens with one attached hydrogen (secondary N) is 1. The molecular formula is C14H17N3O2. The molecule has 100 valence electrons. The fraction of sp³-hybridized carbons (Fsp3) is 0.357. The maximum absolute atomic E-state index is 12.3. The topological polar surface area (TPSA) is 63.5 Å². The van der Waals surface area contributed by atoms with E-state index in [0.717, 1.165) is 18.5 Å². The highest BCUT2D eigenvalue weighted by Crippen LogP contribution is 2.10. The molecule has 0 aliphatic carbocycles. The molecule has 2 aromatic heterocycles. The summed E-state index contributed by atoms with van der Waals surface area (Å²) >= 11 is 0. The maximum Gasteiger partial charge on any atom is 0.270 e. The van der Waals surface area contributed by atoms with Gasteiger partial charge in [-0.05, 0) is 25.5 Å². The lowest BCUT2D eigenvalue weighted by atomic mass is 10.2. The summed E-state index contributed by atoms with van der Waals surface area (Å²) in [6.45, 7) is 4.59. The molecule has 0 amide bonds. The molecule has 5 nitrogen and oxygen atoms in total. The van der Waals surface area contributed by atoms with Gasteiger partial charge in [-0.25, -0.2) is 4.98 Å². The number of unbranched alkanes of at least 4 members (excludes halogenated alkanes) is 1. The molecule has 0 saturated carbocycles. The van der Waals surface area contributed by atoms with Crippen LogP contribution in [-0.4, -0.2) is 22.2 Å². The van der Waals surface area contributed by atoms with Gasteiger partial charge < -0.3 is 5.32 Å². The van der Waals surface area contributed by atoms with Crippen LogP contribution in [0.15, 0.2) is 23.0 Å². The molecule has 0 spiro atoms. The summed E-state index contributed by atoms with van der Waals surface area (Å²) in [5, 5.41) is 3.06. The Bertz CT molecular complexity index is 662. The molecule has 2 rings (SSSR count). The molecule has 1 N–H and O–H groups in total. The number of aldehydes is 1. The normalized spacial score (nSPS) is 10.6. The molecule has 2 aromatic rings. The zero-order valence-corrected chi connectivity index (χ0v) is 11.1. The Morgan fingerprint density at radius 1 is 1.42 bits per heavy atom. The second-order valence-electron chi connectivity index (χ2n) is 4.44. The average molecular weight is 259 g/mol. The van der Waals surface area contributed by atoms with Crippen molar-refractivity contribution in [2.75, 3.05) is 11.9 Å².